The van der Waals surface area contributed by atoms with E-state index in [0.717, 1.165) is 18.0 Å². The van der Waals surface area contributed by atoms with Crippen molar-refractivity contribution in [3.63, 3.8) is 0 Å². The second-order valence-corrected chi connectivity index (χ2v) is 9.09. The largest absolute Gasteiger partial charge is 0.357 e. The maximum absolute atomic E-state index is 4.52. The third-order valence-corrected chi connectivity index (χ3v) is 6.93. The van der Waals surface area contributed by atoms with E-state index in [2.05, 4.69) is 74.1 Å². The molecule has 1 atom stereocenters. The molecule has 1 fully saturated rings. The minimum atomic E-state index is 0.215. The number of nitrogens with one attached hydrogen (secondary N) is 2. The lowest BCUT2D eigenvalue weighted by molar-refractivity contribution is 0.328. The van der Waals surface area contributed by atoms with Crippen LogP contribution in [0.4, 0.5) is 0 Å². The van der Waals surface area contributed by atoms with Crippen molar-refractivity contribution < 1.29 is 0 Å². The monoisotopic (exact) mass is 416 g/mol. The van der Waals surface area contributed by atoms with Gasteiger partial charge in [-0.2, -0.15) is 0 Å². The summed E-state index contributed by atoms with van der Waals surface area (Å²) in [5.41, 5.74) is 6.45. The Bertz CT molecular complexity index is 1100. The Labute approximate surface area is 182 Å². The first-order valence-corrected chi connectivity index (χ1v) is 11.7. The summed E-state index contributed by atoms with van der Waals surface area (Å²) in [6, 6.07) is 17.9. The van der Waals surface area contributed by atoms with E-state index in [0.29, 0.717) is 0 Å². The molecule has 1 aliphatic heterocycles. The smallest absolute Gasteiger partial charge is 0.0943 e. The van der Waals surface area contributed by atoms with Gasteiger partial charge >= 0.3 is 0 Å². The molecule has 5 heteroatoms. The number of nitrogens with zero attached hydrogens (tertiary/aromatic N) is 2. The molecule has 0 saturated carbocycles. The van der Waals surface area contributed by atoms with Gasteiger partial charge in [-0.25, -0.2) is 4.98 Å². The van der Waals surface area contributed by atoms with E-state index in [9.17, 15) is 0 Å². The van der Waals surface area contributed by atoms with Crippen molar-refractivity contribution in [2.75, 3.05) is 20.1 Å². The summed E-state index contributed by atoms with van der Waals surface area (Å²) < 4.78 is 0. The lowest BCUT2D eigenvalue weighted by atomic mass is 9.90. The van der Waals surface area contributed by atoms with Crippen LogP contribution < -0.4 is 5.32 Å². The van der Waals surface area contributed by atoms with Crippen LogP contribution in [0.1, 0.15) is 35.1 Å². The molecule has 0 spiro atoms. The number of aromatic nitrogens is 2. The first kappa shape index (κ1) is 19.5. The van der Waals surface area contributed by atoms with Crippen LogP contribution in [-0.2, 0) is 13.0 Å². The first-order valence-electron chi connectivity index (χ1n) is 10.8. The Balaban J connectivity index is 1.60. The zero-order chi connectivity index (χ0) is 20.3. The van der Waals surface area contributed by atoms with Crippen molar-refractivity contribution in [1.82, 2.24) is 20.2 Å². The summed E-state index contributed by atoms with van der Waals surface area (Å²) >= 11 is 1.73. The van der Waals surface area contributed by atoms with E-state index in [1.165, 1.54) is 59.2 Å². The molecule has 2 aromatic heterocycles. The molecule has 1 aliphatic rings. The highest BCUT2D eigenvalue weighted by atomic mass is 32.1. The summed E-state index contributed by atoms with van der Waals surface area (Å²) in [4.78, 5) is 10.8. The zero-order valence-electron chi connectivity index (χ0n) is 17.4. The zero-order valence-corrected chi connectivity index (χ0v) is 18.2. The molecule has 0 radical (unpaired) electrons. The third kappa shape index (κ3) is 3.93. The van der Waals surface area contributed by atoms with Gasteiger partial charge < -0.3 is 10.3 Å². The Morgan fingerprint density at radius 1 is 1.13 bits per heavy atom. The maximum atomic E-state index is 4.52. The Hall–Kier alpha value is -2.47. The highest BCUT2D eigenvalue weighted by Crippen LogP contribution is 2.37. The summed E-state index contributed by atoms with van der Waals surface area (Å²) in [5, 5.41) is 8.08. The van der Waals surface area contributed by atoms with E-state index in [4.69, 9.17) is 0 Å². The lowest BCUT2D eigenvalue weighted by Crippen LogP contribution is -2.19. The van der Waals surface area contributed by atoms with E-state index >= 15 is 0 Å². The predicted molar refractivity (Wildman–Crippen MR) is 126 cm³/mol. The molecule has 1 saturated heterocycles. The highest BCUT2D eigenvalue weighted by molar-refractivity contribution is 7.09. The maximum Gasteiger partial charge on any atom is 0.0943 e. The minimum Gasteiger partial charge on any atom is -0.357 e. The van der Waals surface area contributed by atoms with Gasteiger partial charge in [-0.1, -0.05) is 36.4 Å². The SMILES string of the molecule is CNC(Cc1nccs1)c1ccc2[nH]c(CN3CCCC3)cc2c1-c1ccccc1. The van der Waals surface area contributed by atoms with Crippen LogP contribution >= 0.6 is 11.3 Å². The Kier molecular flexibility index (Phi) is 5.67. The number of benzene rings is 2. The van der Waals surface area contributed by atoms with Gasteiger partial charge in [0.1, 0.15) is 0 Å². The number of rotatable bonds is 7. The molecule has 0 amide bonds. The fourth-order valence-electron chi connectivity index (χ4n) is 4.66. The number of likely N-dealkylation sites (N-methyl/N-ethyl adjacent to an activating group) is 1. The molecule has 1 unspecified atom stereocenters. The lowest BCUT2D eigenvalue weighted by Gasteiger charge is -2.20. The van der Waals surface area contributed by atoms with Gasteiger partial charge in [0.25, 0.3) is 0 Å². The molecule has 4 nitrogen and oxygen atoms in total. The van der Waals surface area contributed by atoms with Gasteiger partial charge in [0.05, 0.1) is 5.01 Å². The second kappa shape index (κ2) is 8.72. The number of hydrogen-bond donors (Lipinski definition) is 2. The number of thiazole rings is 1. The fourth-order valence-corrected chi connectivity index (χ4v) is 5.32. The summed E-state index contributed by atoms with van der Waals surface area (Å²) in [6.45, 7) is 3.43. The van der Waals surface area contributed by atoms with E-state index < -0.39 is 0 Å². The van der Waals surface area contributed by atoms with E-state index in [-0.39, 0.29) is 6.04 Å². The molecule has 4 aromatic rings. The van der Waals surface area contributed by atoms with Crippen LogP contribution in [0, 0.1) is 0 Å². The normalized spacial score (nSPS) is 15.8. The van der Waals surface area contributed by atoms with Gasteiger partial charge in [-0.3, -0.25) is 4.90 Å². The van der Waals surface area contributed by atoms with Crippen LogP contribution in [-0.4, -0.2) is 35.0 Å². The fraction of sp³-hybridized carbons (Fsp3) is 0.320. The van der Waals surface area contributed by atoms with E-state index in [1.54, 1.807) is 11.3 Å². The van der Waals surface area contributed by atoms with Crippen molar-refractivity contribution in [3.05, 3.63) is 76.4 Å². The molecule has 0 bridgehead atoms. The molecule has 30 heavy (non-hydrogen) atoms. The molecule has 154 valence electrons. The first-order chi connectivity index (χ1) is 14.8. The molecule has 3 heterocycles. The van der Waals surface area contributed by atoms with Gasteiger partial charge in [-0.15, -0.1) is 11.3 Å². The highest BCUT2D eigenvalue weighted by Gasteiger charge is 2.20. The minimum absolute atomic E-state index is 0.215. The topological polar surface area (TPSA) is 44.0 Å². The third-order valence-electron chi connectivity index (χ3n) is 6.13. The number of fused-ring (bicyclic) bond motifs is 1. The number of H-pyrrole nitrogens is 1. The van der Waals surface area contributed by atoms with Crippen molar-refractivity contribution >= 4 is 22.2 Å². The van der Waals surface area contributed by atoms with Crippen molar-refractivity contribution in [3.8, 4) is 11.1 Å². The molecule has 5 rings (SSSR count). The summed E-state index contributed by atoms with van der Waals surface area (Å²) in [6.07, 6.45) is 5.43. The van der Waals surface area contributed by atoms with Gasteiger partial charge in [-0.05, 0) is 61.8 Å². The Morgan fingerprint density at radius 3 is 2.70 bits per heavy atom. The van der Waals surface area contributed by atoms with Gasteiger partial charge in [0.2, 0.25) is 0 Å². The standard InChI is InChI=1S/C25H28N4S/c1-26-23(16-24-27-11-14-30-24)20-9-10-22-21(25(20)18-7-3-2-4-8-18)15-19(28-22)17-29-12-5-6-13-29/h2-4,7-11,14-15,23,26,28H,5-6,12-13,16-17H2,1H3. The molecule has 2 aromatic carbocycles. The van der Waals surface area contributed by atoms with Crippen LogP contribution in [0.15, 0.2) is 60.1 Å². The number of likely N-dealkylation sites (tertiary alicyclic amines) is 1. The van der Waals surface area contributed by atoms with Crippen LogP contribution in [0.25, 0.3) is 22.0 Å². The average molecular weight is 417 g/mol. The summed E-state index contributed by atoms with van der Waals surface area (Å²) in [5.74, 6) is 0. The molecule has 0 aliphatic carbocycles. The Morgan fingerprint density at radius 2 is 1.97 bits per heavy atom. The molecular weight excluding hydrogens is 388 g/mol. The van der Waals surface area contributed by atoms with Crippen molar-refractivity contribution in [1.29, 1.82) is 0 Å². The predicted octanol–water partition coefficient (Wildman–Crippen LogP) is 5.39. The number of hydrogen-bond acceptors (Lipinski definition) is 4. The van der Waals surface area contributed by atoms with Crippen LogP contribution in [0.5, 0.6) is 0 Å². The quantitative estimate of drug-likeness (QED) is 0.424. The molecular formula is C25H28N4S. The van der Waals surface area contributed by atoms with Crippen molar-refractivity contribution in [2.45, 2.75) is 31.8 Å². The van der Waals surface area contributed by atoms with Gasteiger partial charge in [0.15, 0.2) is 0 Å². The second-order valence-electron chi connectivity index (χ2n) is 8.11. The van der Waals surface area contributed by atoms with Crippen molar-refractivity contribution in [2.24, 2.45) is 0 Å². The van der Waals surface area contributed by atoms with E-state index in [1.807, 2.05) is 13.2 Å². The summed E-state index contributed by atoms with van der Waals surface area (Å²) in [7, 11) is 2.05. The van der Waals surface area contributed by atoms with Crippen LogP contribution in [0.3, 0.4) is 0 Å². The van der Waals surface area contributed by atoms with Crippen LogP contribution in [0.2, 0.25) is 0 Å². The average Bonchev–Trinajstić information content (AvgIpc) is 3.54. The van der Waals surface area contributed by atoms with Gasteiger partial charge in [0, 0.05) is 47.2 Å². The molecule has 2 N–H and O–H groups in total. The number of aromatic amines is 1.